The van der Waals surface area contributed by atoms with Crippen molar-refractivity contribution >= 4 is 0 Å². The molecule has 0 saturated heterocycles. The van der Waals surface area contributed by atoms with Crippen LogP contribution in [-0.2, 0) is 6.42 Å². The van der Waals surface area contributed by atoms with Crippen LogP contribution in [0.25, 0.3) is 0 Å². The number of hydrogen-bond acceptors (Lipinski definition) is 2. The van der Waals surface area contributed by atoms with Gasteiger partial charge in [0.25, 0.3) is 0 Å². The van der Waals surface area contributed by atoms with Crippen LogP contribution in [0.5, 0.6) is 0 Å². The average Bonchev–Trinajstić information content (AvgIpc) is 2.47. The molecule has 18 heavy (non-hydrogen) atoms. The number of benzene rings is 2. The molecule has 0 bridgehead atoms. The molecular formula is C16H17NO. The van der Waals surface area contributed by atoms with Crippen LogP contribution >= 0.6 is 0 Å². The van der Waals surface area contributed by atoms with E-state index in [9.17, 15) is 5.11 Å². The summed E-state index contributed by atoms with van der Waals surface area (Å²) >= 11 is 0. The van der Waals surface area contributed by atoms with Crippen LogP contribution in [-0.4, -0.2) is 11.7 Å². The van der Waals surface area contributed by atoms with Crippen molar-refractivity contribution in [1.82, 2.24) is 5.32 Å². The maximum Gasteiger partial charge on any atom is 0.0626 e. The molecule has 2 nitrogen and oxygen atoms in total. The van der Waals surface area contributed by atoms with E-state index in [0.29, 0.717) is 6.04 Å². The van der Waals surface area contributed by atoms with Gasteiger partial charge in [-0.1, -0.05) is 54.6 Å². The minimum atomic E-state index is 0.0418. The molecule has 0 amide bonds. The standard InChI is InChI=1S/C16H17NO/c18-11-16-14-9-5-4-8-13(14)10-15(17-16)12-6-2-1-3-7-12/h1-9,15-18H,10-11H2/t15-,16+/m0/s1. The van der Waals surface area contributed by atoms with Gasteiger partial charge in [0, 0.05) is 6.04 Å². The van der Waals surface area contributed by atoms with E-state index >= 15 is 0 Å². The summed E-state index contributed by atoms with van der Waals surface area (Å²) in [6, 6.07) is 19.1. The second kappa shape index (κ2) is 4.92. The molecule has 0 spiro atoms. The van der Waals surface area contributed by atoms with E-state index in [1.54, 1.807) is 0 Å². The second-order valence-corrected chi connectivity index (χ2v) is 4.77. The smallest absolute Gasteiger partial charge is 0.0626 e. The van der Waals surface area contributed by atoms with E-state index in [1.165, 1.54) is 16.7 Å². The summed E-state index contributed by atoms with van der Waals surface area (Å²) in [5, 5.41) is 13.1. The van der Waals surface area contributed by atoms with E-state index in [-0.39, 0.29) is 12.6 Å². The number of aliphatic hydroxyl groups excluding tert-OH is 1. The van der Waals surface area contributed by atoms with Gasteiger partial charge in [-0.2, -0.15) is 0 Å². The summed E-state index contributed by atoms with van der Waals surface area (Å²) in [4.78, 5) is 0. The van der Waals surface area contributed by atoms with Gasteiger partial charge in [-0.25, -0.2) is 0 Å². The van der Waals surface area contributed by atoms with Crippen molar-refractivity contribution in [3.8, 4) is 0 Å². The molecule has 2 aromatic rings. The molecule has 1 heterocycles. The van der Waals surface area contributed by atoms with Crippen molar-refractivity contribution in [2.24, 2.45) is 0 Å². The first-order chi connectivity index (χ1) is 8.88. The molecule has 0 fully saturated rings. The molecule has 3 rings (SSSR count). The fourth-order valence-electron chi connectivity index (χ4n) is 2.72. The Morgan fingerprint density at radius 2 is 1.72 bits per heavy atom. The van der Waals surface area contributed by atoms with Gasteiger partial charge in [-0.15, -0.1) is 0 Å². The highest BCUT2D eigenvalue weighted by Gasteiger charge is 2.25. The molecule has 1 aliphatic rings. The number of hydrogen-bond donors (Lipinski definition) is 2. The zero-order valence-electron chi connectivity index (χ0n) is 10.2. The van der Waals surface area contributed by atoms with Crippen molar-refractivity contribution in [2.75, 3.05) is 6.61 Å². The normalized spacial score (nSPS) is 22.5. The van der Waals surface area contributed by atoms with E-state index in [0.717, 1.165) is 6.42 Å². The maximum absolute atomic E-state index is 9.54. The topological polar surface area (TPSA) is 32.3 Å². The number of rotatable bonds is 2. The lowest BCUT2D eigenvalue weighted by atomic mass is 9.87. The van der Waals surface area contributed by atoms with Crippen LogP contribution in [0.1, 0.15) is 28.8 Å². The molecule has 0 aromatic heterocycles. The van der Waals surface area contributed by atoms with Crippen molar-refractivity contribution in [1.29, 1.82) is 0 Å². The maximum atomic E-state index is 9.54. The number of fused-ring (bicyclic) bond motifs is 1. The SMILES string of the molecule is OC[C@H]1N[C@H](c2ccccc2)Cc2ccccc21. The largest absolute Gasteiger partial charge is 0.394 e. The molecule has 0 aliphatic carbocycles. The Morgan fingerprint density at radius 3 is 2.50 bits per heavy atom. The fourth-order valence-corrected chi connectivity index (χ4v) is 2.72. The van der Waals surface area contributed by atoms with Crippen molar-refractivity contribution in [3.63, 3.8) is 0 Å². The molecule has 0 radical (unpaired) electrons. The predicted molar refractivity (Wildman–Crippen MR) is 72.3 cm³/mol. The second-order valence-electron chi connectivity index (χ2n) is 4.77. The summed E-state index contributed by atoms with van der Waals surface area (Å²) in [7, 11) is 0. The van der Waals surface area contributed by atoms with Crippen LogP contribution < -0.4 is 5.32 Å². The highest BCUT2D eigenvalue weighted by Crippen LogP contribution is 2.31. The van der Waals surface area contributed by atoms with Crippen molar-refractivity contribution in [3.05, 3.63) is 71.3 Å². The zero-order chi connectivity index (χ0) is 12.4. The molecule has 1 aliphatic heterocycles. The third-order valence-corrected chi connectivity index (χ3v) is 3.64. The van der Waals surface area contributed by atoms with E-state index in [2.05, 4.69) is 47.8 Å². The van der Waals surface area contributed by atoms with Gasteiger partial charge < -0.3 is 10.4 Å². The molecule has 2 atom stereocenters. The molecule has 0 saturated carbocycles. The summed E-state index contributed by atoms with van der Waals surface area (Å²) in [6.45, 7) is 0.139. The molecule has 0 unspecified atom stereocenters. The van der Waals surface area contributed by atoms with Gasteiger partial charge in [-0.05, 0) is 23.1 Å². The van der Waals surface area contributed by atoms with Gasteiger partial charge in [0.05, 0.1) is 12.6 Å². The van der Waals surface area contributed by atoms with Gasteiger partial charge in [0.2, 0.25) is 0 Å². The molecule has 2 N–H and O–H groups in total. The number of nitrogens with one attached hydrogen (secondary N) is 1. The minimum Gasteiger partial charge on any atom is -0.394 e. The fraction of sp³-hybridized carbons (Fsp3) is 0.250. The number of aliphatic hydroxyl groups is 1. The van der Waals surface area contributed by atoms with Crippen LogP contribution in [0.15, 0.2) is 54.6 Å². The Kier molecular flexibility index (Phi) is 3.13. The average molecular weight is 239 g/mol. The van der Waals surface area contributed by atoms with Crippen LogP contribution in [0, 0.1) is 0 Å². The third-order valence-electron chi connectivity index (χ3n) is 3.64. The molecule has 2 aromatic carbocycles. The van der Waals surface area contributed by atoms with Gasteiger partial charge in [0.1, 0.15) is 0 Å². The Hall–Kier alpha value is -1.64. The Bertz CT molecular complexity index is 524. The first kappa shape index (κ1) is 11.5. The summed E-state index contributed by atoms with van der Waals surface area (Å²) in [6.07, 6.45) is 0.983. The highest BCUT2D eigenvalue weighted by molar-refractivity contribution is 5.35. The Labute approximate surface area is 107 Å². The van der Waals surface area contributed by atoms with Crippen molar-refractivity contribution < 1.29 is 5.11 Å². The lowest BCUT2D eigenvalue weighted by Crippen LogP contribution is -2.35. The molecule has 92 valence electrons. The van der Waals surface area contributed by atoms with Gasteiger partial charge >= 0.3 is 0 Å². The van der Waals surface area contributed by atoms with E-state index < -0.39 is 0 Å². The van der Waals surface area contributed by atoms with Crippen LogP contribution in [0.4, 0.5) is 0 Å². The summed E-state index contributed by atoms with van der Waals surface area (Å²) in [5.41, 5.74) is 3.85. The Balaban J connectivity index is 1.95. The molecule has 2 heteroatoms. The van der Waals surface area contributed by atoms with Crippen LogP contribution in [0.3, 0.4) is 0 Å². The minimum absolute atomic E-state index is 0.0418. The lowest BCUT2D eigenvalue weighted by Gasteiger charge is -2.32. The van der Waals surface area contributed by atoms with Gasteiger partial charge in [-0.3, -0.25) is 0 Å². The van der Waals surface area contributed by atoms with E-state index in [1.807, 2.05) is 12.1 Å². The monoisotopic (exact) mass is 239 g/mol. The molecular weight excluding hydrogens is 222 g/mol. The predicted octanol–water partition coefficient (Wildman–Crippen LogP) is 2.61. The first-order valence-electron chi connectivity index (χ1n) is 6.38. The van der Waals surface area contributed by atoms with Gasteiger partial charge in [0.15, 0.2) is 0 Å². The highest BCUT2D eigenvalue weighted by atomic mass is 16.3. The summed E-state index contributed by atoms with van der Waals surface area (Å²) < 4.78 is 0. The third kappa shape index (κ3) is 2.05. The quantitative estimate of drug-likeness (QED) is 0.844. The Morgan fingerprint density at radius 1 is 1.00 bits per heavy atom. The van der Waals surface area contributed by atoms with Crippen molar-refractivity contribution in [2.45, 2.75) is 18.5 Å². The van der Waals surface area contributed by atoms with Crippen LogP contribution in [0.2, 0.25) is 0 Å². The van der Waals surface area contributed by atoms with E-state index in [4.69, 9.17) is 0 Å². The first-order valence-corrected chi connectivity index (χ1v) is 6.38. The zero-order valence-corrected chi connectivity index (χ0v) is 10.2. The lowest BCUT2D eigenvalue weighted by molar-refractivity contribution is 0.225. The summed E-state index contributed by atoms with van der Waals surface area (Å²) in [5.74, 6) is 0.